The van der Waals surface area contributed by atoms with Gasteiger partial charge in [0.15, 0.2) is 5.81 Å². The molecule has 1 N–H and O–H groups in total. The van der Waals surface area contributed by atoms with E-state index in [4.69, 9.17) is 7.85 Å². The quantitative estimate of drug-likeness (QED) is 0.768. The van der Waals surface area contributed by atoms with Gasteiger partial charge in [-0.05, 0) is 5.56 Å². The largest absolute Gasteiger partial charge is 0.354 e. The highest BCUT2D eigenvalue weighted by Gasteiger charge is 2.20. The van der Waals surface area contributed by atoms with E-state index >= 15 is 0 Å². The lowest BCUT2D eigenvalue weighted by molar-refractivity contribution is -0.130. The standard InChI is InChI=1S/C12H15BN2O2/c1-15(2)11(16)10(14-12(13)17)8-9-6-4-3-5-7-9/h3-7,10H,8H2,1-2H3,(H,14,17)/t10-/m0/s1. The van der Waals surface area contributed by atoms with Crippen LogP contribution >= 0.6 is 0 Å². The predicted octanol–water partition coefficient (Wildman–Crippen LogP) is 0.564. The Morgan fingerprint density at radius 1 is 1.29 bits per heavy atom. The average Bonchev–Trinajstić information content (AvgIpc) is 2.28. The summed E-state index contributed by atoms with van der Waals surface area (Å²) in [6.45, 7) is 0. The van der Waals surface area contributed by atoms with Gasteiger partial charge in [-0.1, -0.05) is 30.3 Å². The molecule has 0 unspecified atom stereocenters. The van der Waals surface area contributed by atoms with Gasteiger partial charge in [0.2, 0.25) is 13.8 Å². The number of benzene rings is 1. The average molecular weight is 230 g/mol. The minimum Gasteiger partial charge on any atom is -0.354 e. The van der Waals surface area contributed by atoms with Crippen LogP contribution in [0, 0.1) is 0 Å². The van der Waals surface area contributed by atoms with Gasteiger partial charge in [-0.3, -0.25) is 9.59 Å². The van der Waals surface area contributed by atoms with Gasteiger partial charge >= 0.3 is 0 Å². The summed E-state index contributed by atoms with van der Waals surface area (Å²) in [5.74, 6) is -0.867. The summed E-state index contributed by atoms with van der Waals surface area (Å²) in [6.07, 6.45) is 0.431. The van der Waals surface area contributed by atoms with Crippen molar-refractivity contribution >= 4 is 19.6 Å². The fourth-order valence-electron chi connectivity index (χ4n) is 1.53. The summed E-state index contributed by atoms with van der Waals surface area (Å²) in [6, 6.07) is 8.85. The molecule has 0 fully saturated rings. The van der Waals surface area contributed by atoms with E-state index in [0.29, 0.717) is 6.42 Å². The van der Waals surface area contributed by atoms with Crippen molar-refractivity contribution in [3.05, 3.63) is 35.9 Å². The van der Waals surface area contributed by atoms with E-state index < -0.39 is 11.8 Å². The van der Waals surface area contributed by atoms with Crippen molar-refractivity contribution in [1.29, 1.82) is 0 Å². The fraction of sp³-hybridized carbons (Fsp3) is 0.333. The van der Waals surface area contributed by atoms with E-state index in [0.717, 1.165) is 5.56 Å². The topological polar surface area (TPSA) is 49.4 Å². The van der Waals surface area contributed by atoms with Gasteiger partial charge < -0.3 is 10.2 Å². The number of amides is 2. The normalized spacial score (nSPS) is 11.6. The third-order valence-electron chi connectivity index (χ3n) is 2.34. The second-order valence-corrected chi connectivity index (χ2v) is 3.98. The van der Waals surface area contributed by atoms with Crippen LogP contribution in [0.15, 0.2) is 30.3 Å². The third kappa shape index (κ3) is 4.30. The molecule has 1 aromatic carbocycles. The highest BCUT2D eigenvalue weighted by molar-refractivity contribution is 6.57. The number of nitrogens with zero attached hydrogens (tertiary/aromatic N) is 1. The SMILES string of the molecule is [B]C(=O)N[C@@H](Cc1ccccc1)C(=O)N(C)C. The van der Waals surface area contributed by atoms with Crippen LogP contribution in [-0.2, 0) is 11.2 Å². The zero-order valence-corrected chi connectivity index (χ0v) is 10.0. The van der Waals surface area contributed by atoms with E-state index in [1.54, 1.807) is 14.1 Å². The maximum atomic E-state index is 11.8. The molecule has 1 rings (SSSR count). The second-order valence-electron chi connectivity index (χ2n) is 3.98. The summed E-state index contributed by atoms with van der Waals surface area (Å²) < 4.78 is 0. The maximum absolute atomic E-state index is 11.8. The van der Waals surface area contributed by atoms with Crippen LogP contribution in [0.1, 0.15) is 5.56 Å². The Bertz CT molecular complexity index is 393. The van der Waals surface area contributed by atoms with Crippen molar-refractivity contribution in [3.63, 3.8) is 0 Å². The van der Waals surface area contributed by atoms with Gasteiger partial charge in [0.1, 0.15) is 6.04 Å². The van der Waals surface area contributed by atoms with E-state index in [1.807, 2.05) is 30.3 Å². The summed E-state index contributed by atoms with van der Waals surface area (Å²) in [4.78, 5) is 24.1. The number of likely N-dealkylation sites (N-methyl/N-ethyl adjacent to an activating group) is 1. The molecule has 0 heterocycles. The van der Waals surface area contributed by atoms with Crippen LogP contribution in [0.4, 0.5) is 4.79 Å². The Morgan fingerprint density at radius 2 is 1.88 bits per heavy atom. The Kier molecular flexibility index (Phi) is 4.76. The molecule has 1 aromatic rings. The number of carbonyl (C=O) groups excluding carboxylic acids is 2. The molecule has 0 bridgehead atoms. The number of hydrogen-bond donors (Lipinski definition) is 1. The van der Waals surface area contributed by atoms with E-state index in [-0.39, 0.29) is 5.91 Å². The molecule has 0 spiro atoms. The molecule has 4 nitrogen and oxygen atoms in total. The maximum Gasteiger partial charge on any atom is 0.244 e. The molecule has 2 amide bonds. The van der Waals surface area contributed by atoms with Gasteiger partial charge in [0, 0.05) is 20.5 Å². The lowest BCUT2D eigenvalue weighted by Crippen LogP contribution is -2.47. The van der Waals surface area contributed by atoms with Crippen LogP contribution in [-0.4, -0.2) is 44.6 Å². The molecule has 0 aliphatic carbocycles. The van der Waals surface area contributed by atoms with Crippen LogP contribution in [0.25, 0.3) is 0 Å². The molecule has 2 radical (unpaired) electrons. The molecular weight excluding hydrogens is 215 g/mol. The molecule has 1 atom stereocenters. The summed E-state index contributed by atoms with van der Waals surface area (Å²) in [5.41, 5.74) is 0.974. The van der Waals surface area contributed by atoms with Gasteiger partial charge in [0.05, 0.1) is 0 Å². The van der Waals surface area contributed by atoms with Gasteiger partial charge in [-0.15, -0.1) is 0 Å². The third-order valence-corrected chi connectivity index (χ3v) is 2.34. The van der Waals surface area contributed by atoms with Gasteiger partial charge in [-0.2, -0.15) is 0 Å². The Balaban J connectivity index is 2.77. The van der Waals surface area contributed by atoms with Crippen LogP contribution in [0.3, 0.4) is 0 Å². The highest BCUT2D eigenvalue weighted by atomic mass is 16.2. The van der Waals surface area contributed by atoms with E-state index in [2.05, 4.69) is 5.32 Å². The molecule has 88 valence electrons. The first kappa shape index (κ1) is 13.3. The summed E-state index contributed by atoms with van der Waals surface area (Å²) in [5, 5.41) is 2.46. The zero-order valence-electron chi connectivity index (χ0n) is 10.0. The molecule has 0 aliphatic heterocycles. The molecule has 0 saturated heterocycles. The Morgan fingerprint density at radius 3 is 2.35 bits per heavy atom. The number of nitrogens with one attached hydrogen (secondary N) is 1. The minimum atomic E-state index is -0.693. The second kappa shape index (κ2) is 6.08. The lowest BCUT2D eigenvalue weighted by Gasteiger charge is -2.21. The highest BCUT2D eigenvalue weighted by Crippen LogP contribution is 2.04. The van der Waals surface area contributed by atoms with Gasteiger partial charge in [-0.25, -0.2) is 0 Å². The van der Waals surface area contributed by atoms with Crippen molar-refractivity contribution < 1.29 is 9.59 Å². The van der Waals surface area contributed by atoms with E-state index in [1.165, 1.54) is 4.90 Å². The summed E-state index contributed by atoms with van der Waals surface area (Å²) in [7, 11) is 8.35. The van der Waals surface area contributed by atoms with Gasteiger partial charge in [0.25, 0.3) is 0 Å². The smallest absolute Gasteiger partial charge is 0.244 e. The zero-order chi connectivity index (χ0) is 12.8. The van der Waals surface area contributed by atoms with Crippen LogP contribution < -0.4 is 5.32 Å². The number of hydrogen-bond acceptors (Lipinski definition) is 2. The predicted molar refractivity (Wildman–Crippen MR) is 66.9 cm³/mol. The van der Waals surface area contributed by atoms with Crippen LogP contribution in [0.2, 0.25) is 0 Å². The lowest BCUT2D eigenvalue weighted by atomic mass is 10.0. The molecule has 17 heavy (non-hydrogen) atoms. The monoisotopic (exact) mass is 230 g/mol. The van der Waals surface area contributed by atoms with Crippen molar-refractivity contribution in [2.45, 2.75) is 12.5 Å². The minimum absolute atomic E-state index is 0.173. The fourth-order valence-corrected chi connectivity index (χ4v) is 1.53. The first-order valence-corrected chi connectivity index (χ1v) is 5.31. The summed E-state index contributed by atoms with van der Waals surface area (Å²) >= 11 is 0. The molecular formula is C12H15BN2O2. The number of rotatable bonds is 4. The van der Waals surface area contributed by atoms with E-state index in [9.17, 15) is 9.59 Å². The first-order valence-electron chi connectivity index (χ1n) is 5.31. The Hall–Kier alpha value is -1.78. The van der Waals surface area contributed by atoms with Crippen molar-refractivity contribution in [3.8, 4) is 0 Å². The van der Waals surface area contributed by atoms with Crippen LogP contribution in [0.5, 0.6) is 0 Å². The molecule has 5 heteroatoms. The number of carbonyl (C=O) groups is 2. The Labute approximate surface area is 102 Å². The van der Waals surface area contributed by atoms with Crippen molar-refractivity contribution in [1.82, 2.24) is 10.2 Å². The molecule has 0 aromatic heterocycles. The molecule has 0 aliphatic rings. The van der Waals surface area contributed by atoms with Crippen molar-refractivity contribution in [2.24, 2.45) is 0 Å². The van der Waals surface area contributed by atoms with Crippen molar-refractivity contribution in [2.75, 3.05) is 14.1 Å². The molecule has 0 saturated carbocycles. The first-order chi connectivity index (χ1) is 8.00.